The van der Waals surface area contributed by atoms with Gasteiger partial charge in [0.1, 0.15) is 23.1 Å². The number of halogens is 3. The maximum atomic E-state index is 13.4. The molecular formula is C23H17BrF2N4O. The number of pyridine rings is 1. The van der Waals surface area contributed by atoms with E-state index in [4.69, 9.17) is 0 Å². The topological polar surface area (TPSA) is 59.8 Å². The van der Waals surface area contributed by atoms with Crippen LogP contribution in [0, 0.1) is 11.6 Å². The molecule has 2 aromatic heterocycles. The van der Waals surface area contributed by atoms with Crippen molar-refractivity contribution >= 4 is 27.7 Å². The van der Waals surface area contributed by atoms with Crippen LogP contribution in [0.1, 0.15) is 5.56 Å². The Balaban J connectivity index is 1.73. The number of carbonyl (C=O) groups is 1. The van der Waals surface area contributed by atoms with Crippen LogP contribution in [0.4, 0.5) is 14.6 Å². The lowest BCUT2D eigenvalue weighted by Crippen LogP contribution is -2.17. The number of carbonyl (C=O) groups excluding carboxylic acids is 1. The molecule has 0 atom stereocenters. The van der Waals surface area contributed by atoms with Crippen LogP contribution in [0.3, 0.4) is 0 Å². The van der Waals surface area contributed by atoms with E-state index in [-0.39, 0.29) is 24.0 Å². The fraction of sp³-hybridized carbons (Fsp3) is 0.0870. The van der Waals surface area contributed by atoms with Crippen LogP contribution in [0.2, 0.25) is 0 Å². The number of aromatic nitrogens is 3. The van der Waals surface area contributed by atoms with Crippen molar-refractivity contribution in [3.8, 4) is 22.4 Å². The fourth-order valence-electron chi connectivity index (χ4n) is 3.28. The molecule has 31 heavy (non-hydrogen) atoms. The van der Waals surface area contributed by atoms with Crippen LogP contribution >= 0.6 is 15.9 Å². The highest BCUT2D eigenvalue weighted by atomic mass is 79.9. The summed E-state index contributed by atoms with van der Waals surface area (Å²) in [6.45, 7) is 0. The number of nitrogens with one attached hydrogen (secondary N) is 1. The normalized spacial score (nSPS) is 10.8. The third kappa shape index (κ3) is 4.54. The van der Waals surface area contributed by atoms with Crippen LogP contribution in [-0.4, -0.2) is 20.7 Å². The Hall–Kier alpha value is -3.39. The molecule has 0 saturated carbocycles. The molecule has 2 aromatic carbocycles. The van der Waals surface area contributed by atoms with Gasteiger partial charge in [-0.1, -0.05) is 22.0 Å². The summed E-state index contributed by atoms with van der Waals surface area (Å²) in [5, 5.41) is 7.50. The molecule has 0 saturated heterocycles. The van der Waals surface area contributed by atoms with Crippen molar-refractivity contribution in [2.24, 2.45) is 7.05 Å². The van der Waals surface area contributed by atoms with Crippen molar-refractivity contribution in [3.63, 3.8) is 0 Å². The monoisotopic (exact) mass is 482 g/mol. The molecule has 2 heterocycles. The molecular weight excluding hydrogens is 466 g/mol. The number of hydrogen-bond acceptors (Lipinski definition) is 3. The van der Waals surface area contributed by atoms with E-state index < -0.39 is 0 Å². The zero-order valence-electron chi connectivity index (χ0n) is 16.4. The predicted molar refractivity (Wildman–Crippen MR) is 118 cm³/mol. The SMILES string of the molecule is Cn1nc(-c2ccc(F)cc2)c(-c2ccncc2)c1NC(=O)Cc1ccc(F)cc1Br. The number of aryl methyl sites for hydroxylation is 1. The van der Waals surface area contributed by atoms with Gasteiger partial charge in [-0.25, -0.2) is 8.78 Å². The van der Waals surface area contributed by atoms with E-state index in [2.05, 4.69) is 31.3 Å². The van der Waals surface area contributed by atoms with Gasteiger partial charge < -0.3 is 5.32 Å². The Kier molecular flexibility index (Phi) is 5.90. The Labute approximate surface area is 185 Å². The summed E-state index contributed by atoms with van der Waals surface area (Å²) in [6, 6.07) is 13.8. The Morgan fingerprint density at radius 1 is 1.00 bits per heavy atom. The van der Waals surface area contributed by atoms with Crippen molar-refractivity contribution in [2.45, 2.75) is 6.42 Å². The van der Waals surface area contributed by atoms with E-state index in [9.17, 15) is 13.6 Å². The lowest BCUT2D eigenvalue weighted by Gasteiger charge is -2.10. The highest BCUT2D eigenvalue weighted by molar-refractivity contribution is 9.10. The number of nitrogens with zero attached hydrogens (tertiary/aromatic N) is 3. The van der Waals surface area contributed by atoms with Gasteiger partial charge in [0.05, 0.1) is 12.0 Å². The van der Waals surface area contributed by atoms with E-state index in [1.807, 2.05) is 12.1 Å². The Bertz CT molecular complexity index is 1240. The molecule has 0 aliphatic heterocycles. The lowest BCUT2D eigenvalue weighted by atomic mass is 10.0. The molecule has 5 nitrogen and oxygen atoms in total. The molecule has 0 aliphatic rings. The summed E-state index contributed by atoms with van der Waals surface area (Å²) in [4.78, 5) is 16.9. The van der Waals surface area contributed by atoms with E-state index >= 15 is 0 Å². The van der Waals surface area contributed by atoms with E-state index in [1.54, 1.807) is 42.3 Å². The van der Waals surface area contributed by atoms with Crippen LogP contribution in [0.25, 0.3) is 22.4 Å². The summed E-state index contributed by atoms with van der Waals surface area (Å²) in [7, 11) is 1.72. The second-order valence-electron chi connectivity index (χ2n) is 6.90. The van der Waals surface area contributed by atoms with Crippen LogP contribution in [0.15, 0.2) is 71.5 Å². The van der Waals surface area contributed by atoms with Crippen molar-refractivity contribution in [3.05, 3.63) is 88.7 Å². The van der Waals surface area contributed by atoms with Crippen molar-refractivity contribution in [1.29, 1.82) is 0 Å². The lowest BCUT2D eigenvalue weighted by molar-refractivity contribution is -0.115. The number of rotatable bonds is 5. The number of amides is 1. The first kappa shape index (κ1) is 20.9. The first-order chi connectivity index (χ1) is 14.9. The molecule has 0 fully saturated rings. The van der Waals surface area contributed by atoms with Gasteiger partial charge in [-0.05, 0) is 59.7 Å². The summed E-state index contributed by atoms with van der Waals surface area (Å²) in [6.07, 6.45) is 3.35. The molecule has 0 aliphatic carbocycles. The third-order valence-electron chi connectivity index (χ3n) is 4.76. The molecule has 156 valence electrons. The zero-order valence-corrected chi connectivity index (χ0v) is 18.0. The first-order valence-electron chi connectivity index (χ1n) is 9.39. The van der Waals surface area contributed by atoms with Crippen molar-refractivity contribution in [1.82, 2.24) is 14.8 Å². The largest absolute Gasteiger partial charge is 0.310 e. The van der Waals surface area contributed by atoms with Crippen molar-refractivity contribution < 1.29 is 13.6 Å². The maximum Gasteiger partial charge on any atom is 0.229 e. The van der Waals surface area contributed by atoms with Gasteiger partial charge >= 0.3 is 0 Å². The molecule has 4 rings (SSSR count). The van der Waals surface area contributed by atoms with Gasteiger partial charge in [0.25, 0.3) is 0 Å². The van der Waals surface area contributed by atoms with Gasteiger partial charge in [-0.3, -0.25) is 14.5 Å². The van der Waals surface area contributed by atoms with Gasteiger partial charge in [-0.2, -0.15) is 5.10 Å². The molecule has 0 bridgehead atoms. The third-order valence-corrected chi connectivity index (χ3v) is 5.50. The molecule has 8 heteroatoms. The maximum absolute atomic E-state index is 13.4. The minimum absolute atomic E-state index is 0.0493. The fourth-order valence-corrected chi connectivity index (χ4v) is 3.77. The van der Waals surface area contributed by atoms with Crippen molar-refractivity contribution in [2.75, 3.05) is 5.32 Å². The number of hydrogen-bond donors (Lipinski definition) is 1. The molecule has 0 radical (unpaired) electrons. The molecule has 4 aromatic rings. The second-order valence-corrected chi connectivity index (χ2v) is 7.75. The quantitative estimate of drug-likeness (QED) is 0.415. The summed E-state index contributed by atoms with van der Waals surface area (Å²) >= 11 is 3.29. The van der Waals surface area contributed by atoms with Gasteiger partial charge in [0.2, 0.25) is 5.91 Å². The Morgan fingerprint density at radius 3 is 2.35 bits per heavy atom. The van der Waals surface area contributed by atoms with Gasteiger partial charge in [0, 0.05) is 29.5 Å². The Morgan fingerprint density at radius 2 is 1.68 bits per heavy atom. The zero-order chi connectivity index (χ0) is 22.0. The van der Waals surface area contributed by atoms with Crippen LogP contribution < -0.4 is 5.32 Å². The first-order valence-corrected chi connectivity index (χ1v) is 10.2. The molecule has 1 N–H and O–H groups in total. The summed E-state index contributed by atoms with van der Waals surface area (Å²) < 4.78 is 28.9. The average molecular weight is 483 g/mol. The van der Waals surface area contributed by atoms with Gasteiger partial charge in [-0.15, -0.1) is 0 Å². The number of anilines is 1. The van der Waals surface area contributed by atoms with Crippen LogP contribution in [0.5, 0.6) is 0 Å². The van der Waals surface area contributed by atoms with Gasteiger partial charge in [0.15, 0.2) is 0 Å². The highest BCUT2D eigenvalue weighted by Gasteiger charge is 2.21. The molecule has 0 unspecified atom stereocenters. The standard InChI is InChI=1S/C23H17BrF2N4O/c1-30-23(28-20(31)12-16-4-7-18(26)13-19(16)24)21(14-8-10-27-11-9-14)22(29-30)15-2-5-17(25)6-3-15/h2-11,13H,12H2,1H3,(H,28,31). The van der Waals surface area contributed by atoms with E-state index in [0.29, 0.717) is 32.7 Å². The van der Waals surface area contributed by atoms with Crippen LogP contribution in [-0.2, 0) is 18.3 Å². The minimum atomic E-state index is -0.383. The molecule has 1 amide bonds. The molecule has 0 spiro atoms. The second kappa shape index (κ2) is 8.77. The smallest absolute Gasteiger partial charge is 0.229 e. The summed E-state index contributed by atoms with van der Waals surface area (Å²) in [5.74, 6) is -0.514. The van der Waals surface area contributed by atoms with E-state index in [0.717, 1.165) is 5.56 Å². The predicted octanol–water partition coefficient (Wildman–Crippen LogP) is 5.37. The number of benzene rings is 2. The minimum Gasteiger partial charge on any atom is -0.310 e. The average Bonchev–Trinajstić information content (AvgIpc) is 3.07. The summed E-state index contributed by atoms with van der Waals surface area (Å²) in [5.41, 5.74) is 3.48. The highest BCUT2D eigenvalue weighted by Crippen LogP contribution is 2.37. The van der Waals surface area contributed by atoms with E-state index in [1.165, 1.54) is 24.3 Å².